The molecular formula is C17H30N2O2. The number of likely N-dealkylation sites (tertiary alicyclic amines) is 1. The predicted molar refractivity (Wildman–Crippen MR) is 82.9 cm³/mol. The molecule has 1 spiro atoms. The molecule has 2 saturated carbocycles. The molecule has 1 atom stereocenters. The Morgan fingerprint density at radius 2 is 1.95 bits per heavy atom. The van der Waals surface area contributed by atoms with Gasteiger partial charge in [0, 0.05) is 20.1 Å². The molecule has 0 aromatic heterocycles. The number of aliphatic hydroxyl groups is 1. The lowest BCUT2D eigenvalue weighted by molar-refractivity contribution is -0.128. The molecule has 21 heavy (non-hydrogen) atoms. The van der Waals surface area contributed by atoms with Crippen LogP contribution in [0.25, 0.3) is 0 Å². The van der Waals surface area contributed by atoms with Crippen molar-refractivity contribution in [3.8, 4) is 0 Å². The normalized spacial score (nSPS) is 33.0. The van der Waals surface area contributed by atoms with Crippen LogP contribution >= 0.6 is 0 Å². The first-order valence-corrected chi connectivity index (χ1v) is 8.68. The first-order valence-electron chi connectivity index (χ1n) is 8.68. The van der Waals surface area contributed by atoms with Crippen LogP contribution in [0.15, 0.2) is 0 Å². The van der Waals surface area contributed by atoms with E-state index < -0.39 is 5.60 Å². The molecule has 1 amide bonds. The lowest BCUT2D eigenvalue weighted by Gasteiger charge is -2.41. The standard InChI is InChI=1S/C17H30N2O2/c1-18-15(20)11-17(21)5-2-10-19(13-17)12-14-3-6-16(7-4-14)8-9-16/h14,21H,2-13H2,1H3,(H,18,20). The summed E-state index contributed by atoms with van der Waals surface area (Å²) in [4.78, 5) is 14.0. The van der Waals surface area contributed by atoms with Crippen LogP contribution < -0.4 is 5.32 Å². The molecule has 1 aliphatic heterocycles. The van der Waals surface area contributed by atoms with Gasteiger partial charge in [-0.1, -0.05) is 0 Å². The van der Waals surface area contributed by atoms with Gasteiger partial charge in [0.1, 0.15) is 0 Å². The number of nitrogens with one attached hydrogen (secondary N) is 1. The van der Waals surface area contributed by atoms with Crippen molar-refractivity contribution in [3.63, 3.8) is 0 Å². The molecule has 1 unspecified atom stereocenters. The second-order valence-corrected chi connectivity index (χ2v) is 7.86. The zero-order valence-corrected chi connectivity index (χ0v) is 13.4. The van der Waals surface area contributed by atoms with Gasteiger partial charge >= 0.3 is 0 Å². The van der Waals surface area contributed by atoms with E-state index in [2.05, 4.69) is 10.2 Å². The van der Waals surface area contributed by atoms with E-state index in [9.17, 15) is 9.90 Å². The van der Waals surface area contributed by atoms with Gasteiger partial charge in [-0.2, -0.15) is 0 Å². The molecule has 4 heteroatoms. The first-order chi connectivity index (χ1) is 10.0. The summed E-state index contributed by atoms with van der Waals surface area (Å²) in [5, 5.41) is 13.3. The van der Waals surface area contributed by atoms with Gasteiger partial charge in [-0.15, -0.1) is 0 Å². The van der Waals surface area contributed by atoms with Gasteiger partial charge in [0.25, 0.3) is 0 Å². The molecule has 3 aliphatic rings. The molecule has 0 bridgehead atoms. The largest absolute Gasteiger partial charge is 0.388 e. The highest BCUT2D eigenvalue weighted by atomic mass is 16.3. The molecule has 4 nitrogen and oxygen atoms in total. The van der Waals surface area contributed by atoms with Crippen LogP contribution in [0.5, 0.6) is 0 Å². The van der Waals surface area contributed by atoms with E-state index in [1.165, 1.54) is 38.5 Å². The van der Waals surface area contributed by atoms with Crippen molar-refractivity contribution in [1.29, 1.82) is 0 Å². The Labute approximate surface area is 128 Å². The summed E-state index contributed by atoms with van der Waals surface area (Å²) >= 11 is 0. The van der Waals surface area contributed by atoms with Crippen molar-refractivity contribution < 1.29 is 9.90 Å². The Kier molecular flexibility index (Phi) is 4.28. The Bertz CT molecular complexity index is 384. The molecular weight excluding hydrogens is 264 g/mol. The number of rotatable bonds is 4. The maximum Gasteiger partial charge on any atom is 0.222 e. The van der Waals surface area contributed by atoms with Crippen LogP contribution in [-0.2, 0) is 4.79 Å². The van der Waals surface area contributed by atoms with Crippen molar-refractivity contribution in [1.82, 2.24) is 10.2 Å². The summed E-state index contributed by atoms with van der Waals surface area (Å²) in [6.45, 7) is 2.87. The average Bonchev–Trinajstić information content (AvgIpc) is 3.21. The van der Waals surface area contributed by atoms with Crippen molar-refractivity contribution in [2.45, 2.75) is 63.4 Å². The van der Waals surface area contributed by atoms with Gasteiger partial charge in [0.15, 0.2) is 0 Å². The van der Waals surface area contributed by atoms with Crippen LogP contribution in [0.2, 0.25) is 0 Å². The fourth-order valence-corrected chi connectivity index (χ4v) is 4.41. The second-order valence-electron chi connectivity index (χ2n) is 7.86. The van der Waals surface area contributed by atoms with E-state index in [1.54, 1.807) is 7.05 Å². The summed E-state index contributed by atoms with van der Waals surface area (Å²) in [6, 6.07) is 0. The number of piperidine rings is 1. The Hall–Kier alpha value is -0.610. The molecule has 0 radical (unpaired) electrons. The lowest BCUT2D eigenvalue weighted by atomic mass is 9.79. The number of β-amino-alcohol motifs (C(OH)–C–C–N with tert-alkyl or cyclic N) is 1. The fourth-order valence-electron chi connectivity index (χ4n) is 4.41. The van der Waals surface area contributed by atoms with Crippen molar-refractivity contribution in [2.75, 3.05) is 26.7 Å². The number of carbonyl (C=O) groups is 1. The minimum Gasteiger partial charge on any atom is -0.388 e. The minimum absolute atomic E-state index is 0.0484. The maximum atomic E-state index is 11.6. The molecule has 3 rings (SSSR count). The zero-order valence-electron chi connectivity index (χ0n) is 13.4. The number of hydrogen-bond acceptors (Lipinski definition) is 3. The lowest BCUT2D eigenvalue weighted by Crippen LogP contribution is -2.51. The third-order valence-electron chi connectivity index (χ3n) is 6.04. The molecule has 3 fully saturated rings. The van der Waals surface area contributed by atoms with E-state index in [0.717, 1.165) is 37.3 Å². The number of hydrogen-bond donors (Lipinski definition) is 2. The van der Waals surface area contributed by atoms with E-state index in [4.69, 9.17) is 0 Å². The van der Waals surface area contributed by atoms with Gasteiger partial charge in [0.2, 0.25) is 5.91 Å². The molecule has 2 aliphatic carbocycles. The molecule has 1 heterocycles. The molecule has 2 N–H and O–H groups in total. The topological polar surface area (TPSA) is 52.6 Å². The average molecular weight is 294 g/mol. The van der Waals surface area contributed by atoms with Gasteiger partial charge < -0.3 is 15.3 Å². The van der Waals surface area contributed by atoms with Crippen LogP contribution in [0.1, 0.15) is 57.8 Å². The Morgan fingerprint density at radius 3 is 2.57 bits per heavy atom. The SMILES string of the molecule is CNC(=O)CC1(O)CCCN(CC2CCC3(CC2)CC3)C1. The summed E-state index contributed by atoms with van der Waals surface area (Å²) in [5.74, 6) is 0.756. The number of nitrogens with zero attached hydrogens (tertiary/aromatic N) is 1. The molecule has 1 saturated heterocycles. The Balaban J connectivity index is 1.48. The number of amides is 1. The van der Waals surface area contributed by atoms with E-state index in [0.29, 0.717) is 6.54 Å². The second kappa shape index (κ2) is 5.88. The monoisotopic (exact) mass is 294 g/mol. The smallest absolute Gasteiger partial charge is 0.222 e. The highest BCUT2D eigenvalue weighted by Gasteiger charge is 2.45. The predicted octanol–water partition coefficient (Wildman–Crippen LogP) is 1.92. The minimum atomic E-state index is -0.815. The summed E-state index contributed by atoms with van der Waals surface area (Å²) in [7, 11) is 1.64. The zero-order chi connectivity index (χ0) is 14.9. The highest BCUT2D eigenvalue weighted by molar-refractivity contribution is 5.76. The first kappa shape index (κ1) is 15.3. The van der Waals surface area contributed by atoms with Gasteiger partial charge in [-0.25, -0.2) is 0 Å². The van der Waals surface area contributed by atoms with E-state index >= 15 is 0 Å². The quantitative estimate of drug-likeness (QED) is 0.833. The maximum absolute atomic E-state index is 11.6. The van der Waals surface area contributed by atoms with E-state index in [-0.39, 0.29) is 12.3 Å². The van der Waals surface area contributed by atoms with Crippen molar-refractivity contribution in [3.05, 3.63) is 0 Å². The fraction of sp³-hybridized carbons (Fsp3) is 0.941. The van der Waals surface area contributed by atoms with Gasteiger partial charge in [0.05, 0.1) is 12.0 Å². The number of carbonyl (C=O) groups excluding carboxylic acids is 1. The third kappa shape index (κ3) is 3.78. The summed E-state index contributed by atoms with van der Waals surface area (Å²) in [5.41, 5.74) is -0.0525. The van der Waals surface area contributed by atoms with Crippen LogP contribution in [0.3, 0.4) is 0 Å². The van der Waals surface area contributed by atoms with Crippen molar-refractivity contribution >= 4 is 5.91 Å². The molecule has 0 aromatic carbocycles. The van der Waals surface area contributed by atoms with E-state index in [1.807, 2.05) is 0 Å². The van der Waals surface area contributed by atoms with Crippen molar-refractivity contribution in [2.24, 2.45) is 11.3 Å². The summed E-state index contributed by atoms with van der Waals surface area (Å²) in [6.07, 6.45) is 10.5. The van der Waals surface area contributed by atoms with Crippen LogP contribution in [0.4, 0.5) is 0 Å². The van der Waals surface area contributed by atoms with Crippen LogP contribution in [-0.4, -0.2) is 48.2 Å². The van der Waals surface area contributed by atoms with Gasteiger partial charge in [-0.05, 0) is 69.2 Å². The Morgan fingerprint density at radius 1 is 1.24 bits per heavy atom. The third-order valence-corrected chi connectivity index (χ3v) is 6.04. The van der Waals surface area contributed by atoms with Gasteiger partial charge in [-0.3, -0.25) is 4.79 Å². The summed E-state index contributed by atoms with van der Waals surface area (Å²) < 4.78 is 0. The molecule has 120 valence electrons. The van der Waals surface area contributed by atoms with Crippen LogP contribution in [0, 0.1) is 11.3 Å². The highest BCUT2D eigenvalue weighted by Crippen LogP contribution is 2.57. The molecule has 0 aromatic rings.